The first-order valence-electron chi connectivity index (χ1n) is 5.95. The molecule has 3 nitrogen and oxygen atoms in total. The van der Waals surface area contributed by atoms with Crippen molar-refractivity contribution in [3.05, 3.63) is 41.5 Å². The van der Waals surface area contributed by atoms with E-state index in [1.165, 1.54) is 5.57 Å². The van der Waals surface area contributed by atoms with Crippen LogP contribution < -0.4 is 4.90 Å². The second-order valence-corrected chi connectivity index (χ2v) is 4.28. The van der Waals surface area contributed by atoms with Crippen LogP contribution in [0.1, 0.15) is 12.0 Å². The fourth-order valence-electron chi connectivity index (χ4n) is 2.20. The first-order valence-corrected chi connectivity index (χ1v) is 5.95. The first-order chi connectivity index (χ1) is 8.35. The summed E-state index contributed by atoms with van der Waals surface area (Å²) in [6, 6.07) is 8.03. The van der Waals surface area contributed by atoms with Gasteiger partial charge in [-0.3, -0.25) is 0 Å². The van der Waals surface area contributed by atoms with Crippen LogP contribution in [0.2, 0.25) is 0 Å². The van der Waals surface area contributed by atoms with Crippen LogP contribution >= 0.6 is 0 Å². The molecule has 1 aliphatic rings. The lowest BCUT2D eigenvalue weighted by atomic mass is 10.1. The van der Waals surface area contributed by atoms with Crippen molar-refractivity contribution in [1.29, 1.82) is 0 Å². The Morgan fingerprint density at radius 1 is 1.35 bits per heavy atom. The van der Waals surface area contributed by atoms with Crippen molar-refractivity contribution in [3.8, 4) is 0 Å². The van der Waals surface area contributed by atoms with Gasteiger partial charge < -0.3 is 14.7 Å². The Hall–Kier alpha value is -1.32. The summed E-state index contributed by atoms with van der Waals surface area (Å²) in [5.74, 6) is 0. The van der Waals surface area contributed by atoms with E-state index in [2.05, 4.69) is 17.0 Å². The molecule has 0 saturated heterocycles. The summed E-state index contributed by atoms with van der Waals surface area (Å²) in [4.78, 5) is 2.30. The molecule has 17 heavy (non-hydrogen) atoms. The van der Waals surface area contributed by atoms with E-state index < -0.39 is 0 Å². The summed E-state index contributed by atoms with van der Waals surface area (Å²) in [6.07, 6.45) is 3.26. The van der Waals surface area contributed by atoms with E-state index >= 15 is 0 Å². The number of hydrogen-bond donors (Lipinski definition) is 1. The quantitative estimate of drug-likeness (QED) is 0.807. The number of aliphatic hydroxyl groups excluding tert-OH is 1. The van der Waals surface area contributed by atoms with Gasteiger partial charge in [-0.1, -0.05) is 24.3 Å². The molecule has 0 radical (unpaired) electrons. The minimum Gasteiger partial charge on any atom is -0.392 e. The maximum Gasteiger partial charge on any atom is 0.0702 e. The van der Waals surface area contributed by atoms with Crippen LogP contribution in [0.3, 0.4) is 0 Å². The van der Waals surface area contributed by atoms with Crippen LogP contribution in [-0.2, 0) is 11.3 Å². The highest BCUT2D eigenvalue weighted by Crippen LogP contribution is 2.23. The summed E-state index contributed by atoms with van der Waals surface area (Å²) in [6.45, 7) is 2.72. The number of methoxy groups -OCH3 is 1. The zero-order valence-corrected chi connectivity index (χ0v) is 10.2. The number of anilines is 1. The number of nitrogens with zero attached hydrogens (tertiary/aromatic N) is 1. The van der Waals surface area contributed by atoms with Crippen LogP contribution in [0, 0.1) is 0 Å². The van der Waals surface area contributed by atoms with Gasteiger partial charge in [-0.2, -0.15) is 0 Å². The van der Waals surface area contributed by atoms with Gasteiger partial charge >= 0.3 is 0 Å². The van der Waals surface area contributed by atoms with Crippen LogP contribution in [0.25, 0.3) is 0 Å². The van der Waals surface area contributed by atoms with Crippen molar-refractivity contribution in [2.24, 2.45) is 0 Å². The highest BCUT2D eigenvalue weighted by Gasteiger charge is 2.14. The summed E-state index contributed by atoms with van der Waals surface area (Å²) in [5.41, 5.74) is 3.50. The number of aliphatic hydroxyl groups is 1. The predicted octanol–water partition coefficient (Wildman–Crippen LogP) is 1.96. The lowest BCUT2D eigenvalue weighted by molar-refractivity contribution is 0.222. The summed E-state index contributed by atoms with van der Waals surface area (Å²) in [7, 11) is 1.73. The van der Waals surface area contributed by atoms with E-state index in [1.54, 1.807) is 7.11 Å². The van der Waals surface area contributed by atoms with E-state index in [4.69, 9.17) is 4.74 Å². The maximum atomic E-state index is 9.32. The molecule has 1 aromatic rings. The average Bonchev–Trinajstić information content (AvgIpc) is 2.40. The summed E-state index contributed by atoms with van der Waals surface area (Å²) >= 11 is 0. The molecule has 0 fully saturated rings. The monoisotopic (exact) mass is 233 g/mol. The zero-order chi connectivity index (χ0) is 12.1. The second-order valence-electron chi connectivity index (χ2n) is 4.28. The van der Waals surface area contributed by atoms with Gasteiger partial charge in [-0.25, -0.2) is 0 Å². The molecule has 1 aliphatic heterocycles. The second kappa shape index (κ2) is 5.84. The first kappa shape index (κ1) is 12.1. The molecule has 1 N–H and O–H groups in total. The van der Waals surface area contributed by atoms with Crippen molar-refractivity contribution in [3.63, 3.8) is 0 Å². The lowest BCUT2D eigenvalue weighted by Gasteiger charge is -2.29. The molecule has 0 spiro atoms. The van der Waals surface area contributed by atoms with Gasteiger partial charge in [0, 0.05) is 31.5 Å². The minimum absolute atomic E-state index is 0.0985. The Balaban J connectivity index is 2.10. The molecule has 2 rings (SSSR count). The molecule has 0 aliphatic carbocycles. The normalized spacial score (nSPS) is 15.9. The van der Waals surface area contributed by atoms with Crippen LogP contribution in [0.4, 0.5) is 5.69 Å². The van der Waals surface area contributed by atoms with E-state index in [-0.39, 0.29) is 6.61 Å². The molecule has 0 aromatic heterocycles. The van der Waals surface area contributed by atoms with E-state index in [0.29, 0.717) is 0 Å². The third-order valence-corrected chi connectivity index (χ3v) is 3.14. The molecule has 1 aromatic carbocycles. The van der Waals surface area contributed by atoms with E-state index in [0.717, 1.165) is 37.4 Å². The van der Waals surface area contributed by atoms with E-state index in [1.807, 2.05) is 18.2 Å². The lowest BCUT2D eigenvalue weighted by Crippen LogP contribution is -2.30. The highest BCUT2D eigenvalue weighted by atomic mass is 16.5. The predicted molar refractivity (Wildman–Crippen MR) is 69.2 cm³/mol. The van der Waals surface area contributed by atoms with Gasteiger partial charge in [-0.15, -0.1) is 0 Å². The number of rotatable bonds is 4. The van der Waals surface area contributed by atoms with Crippen molar-refractivity contribution < 1.29 is 9.84 Å². The zero-order valence-electron chi connectivity index (χ0n) is 10.2. The molecule has 1 heterocycles. The molecular weight excluding hydrogens is 214 g/mol. The van der Waals surface area contributed by atoms with Gasteiger partial charge in [0.25, 0.3) is 0 Å². The Labute approximate surface area is 102 Å². The molecule has 3 heteroatoms. The highest BCUT2D eigenvalue weighted by molar-refractivity contribution is 5.54. The van der Waals surface area contributed by atoms with Crippen molar-refractivity contribution in [1.82, 2.24) is 0 Å². The maximum absolute atomic E-state index is 9.32. The molecule has 0 atom stereocenters. The molecule has 0 bridgehead atoms. The largest absolute Gasteiger partial charge is 0.392 e. The third kappa shape index (κ3) is 2.87. The molecule has 0 saturated carbocycles. The van der Waals surface area contributed by atoms with Gasteiger partial charge in [0.2, 0.25) is 0 Å². The van der Waals surface area contributed by atoms with Crippen LogP contribution in [-0.4, -0.2) is 31.9 Å². The van der Waals surface area contributed by atoms with Crippen molar-refractivity contribution >= 4 is 5.69 Å². The number of para-hydroxylation sites is 1. The van der Waals surface area contributed by atoms with Crippen LogP contribution in [0.5, 0.6) is 0 Å². The minimum atomic E-state index is 0.0985. The molecular formula is C14H19NO2. The topological polar surface area (TPSA) is 32.7 Å². The van der Waals surface area contributed by atoms with Gasteiger partial charge in [0.1, 0.15) is 0 Å². The standard InChI is InChI=1S/C14H19NO2/c1-17-11-12-6-8-15(9-7-12)14-5-3-2-4-13(14)10-16/h2-6,16H,7-11H2,1H3. The van der Waals surface area contributed by atoms with E-state index in [9.17, 15) is 5.11 Å². The fraction of sp³-hybridized carbons (Fsp3) is 0.429. The van der Waals surface area contributed by atoms with Gasteiger partial charge in [0.05, 0.1) is 13.2 Å². The Morgan fingerprint density at radius 3 is 2.82 bits per heavy atom. The average molecular weight is 233 g/mol. The summed E-state index contributed by atoms with van der Waals surface area (Å²) < 4.78 is 5.14. The number of hydrogen-bond acceptors (Lipinski definition) is 3. The Kier molecular flexibility index (Phi) is 4.18. The van der Waals surface area contributed by atoms with Gasteiger partial charge in [0.15, 0.2) is 0 Å². The third-order valence-electron chi connectivity index (χ3n) is 3.14. The molecule has 0 unspecified atom stereocenters. The van der Waals surface area contributed by atoms with Crippen molar-refractivity contribution in [2.45, 2.75) is 13.0 Å². The molecule has 0 amide bonds. The number of benzene rings is 1. The smallest absolute Gasteiger partial charge is 0.0702 e. The summed E-state index contributed by atoms with van der Waals surface area (Å²) in [5, 5.41) is 9.32. The fourth-order valence-corrected chi connectivity index (χ4v) is 2.20. The van der Waals surface area contributed by atoms with Crippen molar-refractivity contribution in [2.75, 3.05) is 31.7 Å². The van der Waals surface area contributed by atoms with Gasteiger partial charge in [-0.05, 0) is 18.1 Å². The Morgan fingerprint density at radius 2 is 2.18 bits per heavy atom. The number of ether oxygens (including phenoxy) is 1. The SMILES string of the molecule is COCC1=CCN(c2ccccc2CO)CC1. The molecule has 92 valence electrons. The Bertz CT molecular complexity index is 401. The van der Waals surface area contributed by atoms with Crippen LogP contribution in [0.15, 0.2) is 35.9 Å².